The number of benzene rings is 2. The first-order valence-corrected chi connectivity index (χ1v) is 9.62. The minimum atomic E-state index is -0.522. The average molecular weight is 402 g/mol. The molecule has 0 radical (unpaired) electrons. The van der Waals surface area contributed by atoms with Gasteiger partial charge in [-0.05, 0) is 11.1 Å². The van der Waals surface area contributed by atoms with Gasteiger partial charge in [-0.15, -0.1) is 0 Å². The van der Waals surface area contributed by atoms with E-state index in [0.717, 1.165) is 21.3 Å². The Bertz CT molecular complexity index is 1330. The molecular weight excluding hydrogens is 380 g/mol. The Balaban J connectivity index is 1.79. The van der Waals surface area contributed by atoms with Crippen molar-refractivity contribution in [2.45, 2.75) is 13.1 Å². The first-order chi connectivity index (χ1) is 14.5. The summed E-state index contributed by atoms with van der Waals surface area (Å²) in [4.78, 5) is 38.4. The number of carbonyl (C=O) groups is 1. The zero-order chi connectivity index (χ0) is 21.3. The van der Waals surface area contributed by atoms with Crippen LogP contribution < -0.4 is 16.6 Å². The van der Waals surface area contributed by atoms with Crippen molar-refractivity contribution in [1.29, 1.82) is 0 Å². The average Bonchev–Trinajstić information content (AvgIpc) is 3.12. The normalized spacial score (nSPS) is 11.0. The molecule has 0 aliphatic carbocycles. The zero-order valence-electron chi connectivity index (χ0n) is 16.8. The monoisotopic (exact) mass is 402 g/mol. The Morgan fingerprint density at radius 2 is 1.53 bits per heavy atom. The summed E-state index contributed by atoms with van der Waals surface area (Å²) in [5, 5.41) is 2.85. The summed E-state index contributed by atoms with van der Waals surface area (Å²) >= 11 is 0. The number of nitrogens with zero attached hydrogens (tertiary/aromatic N) is 3. The molecule has 152 valence electrons. The van der Waals surface area contributed by atoms with Crippen molar-refractivity contribution < 1.29 is 4.79 Å². The minimum Gasteiger partial charge on any atom is -0.350 e. The molecule has 2 heterocycles. The molecule has 1 amide bonds. The van der Waals surface area contributed by atoms with Crippen LogP contribution in [0.25, 0.3) is 22.2 Å². The van der Waals surface area contributed by atoms with E-state index >= 15 is 0 Å². The molecule has 7 heteroatoms. The molecule has 0 atom stereocenters. The highest BCUT2D eigenvalue weighted by Crippen LogP contribution is 2.27. The van der Waals surface area contributed by atoms with Crippen molar-refractivity contribution >= 4 is 16.9 Å². The molecule has 4 aromatic rings. The van der Waals surface area contributed by atoms with Crippen LogP contribution in [0, 0.1) is 0 Å². The second-order valence-corrected chi connectivity index (χ2v) is 7.21. The maximum absolute atomic E-state index is 12.9. The lowest BCUT2D eigenvalue weighted by atomic mass is 10.1. The Morgan fingerprint density at radius 1 is 0.900 bits per heavy atom. The summed E-state index contributed by atoms with van der Waals surface area (Å²) in [6.07, 6.45) is 1.82. The van der Waals surface area contributed by atoms with Gasteiger partial charge in [-0.25, -0.2) is 4.79 Å². The molecule has 0 aliphatic heterocycles. The fourth-order valence-electron chi connectivity index (χ4n) is 3.63. The largest absolute Gasteiger partial charge is 0.350 e. The third-order valence-electron chi connectivity index (χ3n) is 5.17. The lowest BCUT2D eigenvalue weighted by Crippen LogP contribution is -2.41. The van der Waals surface area contributed by atoms with E-state index in [0.29, 0.717) is 17.6 Å². The van der Waals surface area contributed by atoms with Gasteiger partial charge in [-0.1, -0.05) is 60.7 Å². The van der Waals surface area contributed by atoms with Crippen molar-refractivity contribution in [3.63, 3.8) is 0 Å². The summed E-state index contributed by atoms with van der Waals surface area (Å²) in [6, 6.07) is 19.1. The standard InChI is InChI=1S/C23H22N4O3/c1-25-14-18(17-11-7-4-8-12-17)20-21(25)22(29)26(2)23(30)27(20)15-19(28)24-13-16-9-5-3-6-10-16/h3-12,14H,13,15H2,1-2H3,(H,24,28). The van der Waals surface area contributed by atoms with Gasteiger partial charge in [-0.3, -0.25) is 18.7 Å². The fraction of sp³-hybridized carbons (Fsp3) is 0.174. The molecule has 0 spiro atoms. The number of nitrogens with one attached hydrogen (secondary N) is 1. The summed E-state index contributed by atoms with van der Waals surface area (Å²) in [5.74, 6) is -0.302. The van der Waals surface area contributed by atoms with Crippen LogP contribution in [0.4, 0.5) is 0 Å². The number of amides is 1. The van der Waals surface area contributed by atoms with Crippen molar-refractivity contribution in [2.24, 2.45) is 14.1 Å². The van der Waals surface area contributed by atoms with Crippen molar-refractivity contribution in [3.05, 3.63) is 93.3 Å². The zero-order valence-corrected chi connectivity index (χ0v) is 16.8. The molecule has 0 saturated carbocycles. The number of hydrogen-bond acceptors (Lipinski definition) is 3. The predicted molar refractivity (Wildman–Crippen MR) is 116 cm³/mol. The van der Waals surface area contributed by atoms with Crippen molar-refractivity contribution in [1.82, 2.24) is 19.0 Å². The molecule has 0 saturated heterocycles. The summed E-state index contributed by atoms with van der Waals surface area (Å²) < 4.78 is 4.12. The van der Waals surface area contributed by atoms with Gasteiger partial charge >= 0.3 is 5.69 Å². The third-order valence-corrected chi connectivity index (χ3v) is 5.17. The Kier molecular flexibility index (Phi) is 5.10. The van der Waals surface area contributed by atoms with Gasteiger partial charge in [0.25, 0.3) is 5.56 Å². The van der Waals surface area contributed by atoms with E-state index in [9.17, 15) is 14.4 Å². The first-order valence-electron chi connectivity index (χ1n) is 9.62. The quantitative estimate of drug-likeness (QED) is 0.555. The van der Waals surface area contributed by atoms with Gasteiger partial charge in [0.1, 0.15) is 12.1 Å². The summed E-state index contributed by atoms with van der Waals surface area (Å²) in [7, 11) is 3.19. The van der Waals surface area contributed by atoms with Crippen LogP contribution in [-0.2, 0) is 32.0 Å². The first kappa shape index (κ1) is 19.4. The van der Waals surface area contributed by atoms with E-state index in [1.54, 1.807) is 11.6 Å². The Morgan fingerprint density at radius 3 is 2.20 bits per heavy atom. The molecular formula is C23H22N4O3. The van der Waals surface area contributed by atoms with E-state index in [4.69, 9.17) is 0 Å². The molecule has 2 aromatic heterocycles. The van der Waals surface area contributed by atoms with Crippen LogP contribution in [-0.4, -0.2) is 19.6 Å². The third kappa shape index (κ3) is 3.45. The highest BCUT2D eigenvalue weighted by Gasteiger charge is 2.20. The van der Waals surface area contributed by atoms with Gasteiger partial charge in [0.2, 0.25) is 5.91 Å². The van der Waals surface area contributed by atoms with Crippen LogP contribution in [0.5, 0.6) is 0 Å². The highest BCUT2D eigenvalue weighted by molar-refractivity contribution is 5.93. The number of rotatable bonds is 5. The van der Waals surface area contributed by atoms with Crippen molar-refractivity contribution in [3.8, 4) is 11.1 Å². The van der Waals surface area contributed by atoms with Gasteiger partial charge in [0.05, 0.1) is 5.52 Å². The highest BCUT2D eigenvalue weighted by atomic mass is 16.2. The molecule has 2 aromatic carbocycles. The number of fused-ring (bicyclic) bond motifs is 1. The maximum Gasteiger partial charge on any atom is 0.331 e. The fourth-order valence-corrected chi connectivity index (χ4v) is 3.63. The van der Waals surface area contributed by atoms with Crippen molar-refractivity contribution in [2.75, 3.05) is 0 Å². The SMILES string of the molecule is Cn1c(=O)c2c(c(-c3ccccc3)cn2C)n(CC(=O)NCc2ccccc2)c1=O. The summed E-state index contributed by atoms with van der Waals surface area (Å²) in [5.41, 5.74) is 2.51. The lowest BCUT2D eigenvalue weighted by molar-refractivity contribution is -0.121. The Hall–Kier alpha value is -3.87. The predicted octanol–water partition coefficient (Wildman–Crippen LogP) is 2.02. The second-order valence-electron chi connectivity index (χ2n) is 7.21. The van der Waals surface area contributed by atoms with Gasteiger partial charge in [0, 0.05) is 32.4 Å². The van der Waals surface area contributed by atoms with Gasteiger partial charge in [0.15, 0.2) is 0 Å². The van der Waals surface area contributed by atoms with E-state index in [1.807, 2.05) is 66.9 Å². The Labute approximate surface area is 172 Å². The maximum atomic E-state index is 12.9. The minimum absolute atomic E-state index is 0.180. The molecule has 1 N–H and O–H groups in total. The molecule has 30 heavy (non-hydrogen) atoms. The number of carbonyl (C=O) groups excluding carboxylic acids is 1. The topological polar surface area (TPSA) is 78.0 Å². The van der Waals surface area contributed by atoms with Gasteiger partial charge < -0.3 is 9.88 Å². The molecule has 0 fully saturated rings. The van der Waals surface area contributed by atoms with E-state index in [1.165, 1.54) is 11.6 Å². The van der Waals surface area contributed by atoms with Crippen LogP contribution >= 0.6 is 0 Å². The van der Waals surface area contributed by atoms with E-state index in [2.05, 4.69) is 5.32 Å². The number of hydrogen-bond donors (Lipinski definition) is 1. The van der Waals surface area contributed by atoms with E-state index < -0.39 is 5.69 Å². The molecule has 7 nitrogen and oxygen atoms in total. The van der Waals surface area contributed by atoms with Crippen LogP contribution in [0.2, 0.25) is 0 Å². The van der Waals surface area contributed by atoms with Crippen LogP contribution in [0.15, 0.2) is 76.4 Å². The molecule has 0 bridgehead atoms. The van der Waals surface area contributed by atoms with Crippen LogP contribution in [0.1, 0.15) is 5.56 Å². The molecule has 4 rings (SSSR count). The smallest absolute Gasteiger partial charge is 0.331 e. The number of aryl methyl sites for hydroxylation is 1. The number of aromatic nitrogens is 3. The van der Waals surface area contributed by atoms with Gasteiger partial charge in [-0.2, -0.15) is 0 Å². The second kappa shape index (κ2) is 7.87. The summed E-state index contributed by atoms with van der Waals surface area (Å²) in [6.45, 7) is 0.184. The molecule has 0 unspecified atom stereocenters. The molecule has 0 aliphatic rings. The van der Waals surface area contributed by atoms with Crippen LogP contribution in [0.3, 0.4) is 0 Å². The lowest BCUT2D eigenvalue weighted by Gasteiger charge is -2.12. The van der Waals surface area contributed by atoms with E-state index in [-0.39, 0.29) is 18.0 Å².